The lowest BCUT2D eigenvalue weighted by molar-refractivity contribution is -0.123. The Kier molecular flexibility index (Phi) is 9.57. The van der Waals surface area contributed by atoms with E-state index >= 15 is 0 Å². The molecule has 0 bridgehead atoms. The van der Waals surface area contributed by atoms with Crippen LogP contribution in [-0.4, -0.2) is 30.0 Å². The second kappa shape index (κ2) is 10.0. The summed E-state index contributed by atoms with van der Waals surface area (Å²) < 4.78 is 0. The fraction of sp³-hybridized carbons (Fsp3) is 0.538. The van der Waals surface area contributed by atoms with Gasteiger partial charge in [0, 0.05) is 24.9 Å². The van der Waals surface area contributed by atoms with Crippen LogP contribution < -0.4 is 10.6 Å². The van der Waals surface area contributed by atoms with Crippen LogP contribution in [0.3, 0.4) is 0 Å². The number of hydrogen-bond acceptors (Lipinski definition) is 3. The summed E-state index contributed by atoms with van der Waals surface area (Å²) in [6, 6.07) is 5.85. The van der Waals surface area contributed by atoms with E-state index in [9.17, 15) is 4.79 Å². The molecule has 19 heavy (non-hydrogen) atoms. The third-order valence-electron chi connectivity index (χ3n) is 3.03. The van der Waals surface area contributed by atoms with Crippen LogP contribution in [0, 0.1) is 0 Å². The Labute approximate surface area is 126 Å². The van der Waals surface area contributed by atoms with Gasteiger partial charge in [-0.3, -0.25) is 9.78 Å². The maximum atomic E-state index is 11.8. The van der Waals surface area contributed by atoms with Crippen molar-refractivity contribution in [3.8, 4) is 0 Å². The first-order chi connectivity index (χ1) is 8.36. The van der Waals surface area contributed by atoms with Gasteiger partial charge in [0.25, 0.3) is 0 Å². The van der Waals surface area contributed by atoms with Crippen molar-refractivity contribution in [2.24, 2.45) is 0 Å². The summed E-state index contributed by atoms with van der Waals surface area (Å²) in [6.45, 7) is 1.62. The number of nitrogens with zero attached hydrogens (tertiary/aromatic N) is 1. The molecule has 1 saturated heterocycles. The highest BCUT2D eigenvalue weighted by Crippen LogP contribution is 2.06. The lowest BCUT2D eigenvalue weighted by Gasteiger charge is -2.22. The molecule has 1 atom stereocenters. The molecule has 0 aromatic carbocycles. The third-order valence-corrected chi connectivity index (χ3v) is 3.03. The number of carbonyl (C=O) groups is 1. The molecule has 0 saturated carbocycles. The van der Waals surface area contributed by atoms with Gasteiger partial charge in [-0.1, -0.05) is 12.5 Å². The molecular weight excluding hydrogens is 285 g/mol. The first-order valence-corrected chi connectivity index (χ1v) is 6.27. The minimum Gasteiger partial charge on any atom is -0.354 e. The first-order valence-electron chi connectivity index (χ1n) is 6.27. The molecule has 2 rings (SSSR count). The van der Waals surface area contributed by atoms with Crippen LogP contribution in [0.4, 0.5) is 0 Å². The van der Waals surface area contributed by atoms with Crippen LogP contribution in [0.25, 0.3) is 0 Å². The Balaban J connectivity index is 0.00000162. The summed E-state index contributed by atoms with van der Waals surface area (Å²) in [7, 11) is 0. The van der Waals surface area contributed by atoms with Gasteiger partial charge in [-0.05, 0) is 31.5 Å². The highest BCUT2D eigenvalue weighted by atomic mass is 35.5. The zero-order chi connectivity index (χ0) is 11.9. The van der Waals surface area contributed by atoms with Crippen molar-refractivity contribution in [1.82, 2.24) is 15.6 Å². The number of hydrogen-bond donors (Lipinski definition) is 2. The van der Waals surface area contributed by atoms with Crippen LogP contribution in [0.1, 0.15) is 25.0 Å². The lowest BCUT2D eigenvalue weighted by Crippen LogP contribution is -2.47. The summed E-state index contributed by atoms with van der Waals surface area (Å²) in [6.07, 6.45) is 5.84. The second-order valence-corrected chi connectivity index (χ2v) is 4.36. The van der Waals surface area contributed by atoms with Crippen molar-refractivity contribution in [2.45, 2.75) is 31.7 Å². The predicted molar refractivity (Wildman–Crippen MR) is 81.1 cm³/mol. The molecule has 108 valence electrons. The molecular formula is C13H21Cl2N3O. The van der Waals surface area contributed by atoms with Gasteiger partial charge in [0.1, 0.15) is 0 Å². The summed E-state index contributed by atoms with van der Waals surface area (Å²) in [4.78, 5) is 16.0. The largest absolute Gasteiger partial charge is 0.354 e. The Morgan fingerprint density at radius 2 is 2.21 bits per heavy atom. The molecule has 1 fully saturated rings. The van der Waals surface area contributed by atoms with Gasteiger partial charge < -0.3 is 10.6 Å². The predicted octanol–water partition coefficient (Wildman–Crippen LogP) is 1.73. The van der Waals surface area contributed by atoms with Crippen LogP contribution in [0.15, 0.2) is 24.4 Å². The Hall–Kier alpha value is -0.840. The third kappa shape index (κ3) is 6.23. The molecule has 0 aliphatic carbocycles. The molecule has 2 N–H and O–H groups in total. The molecule has 4 nitrogen and oxygen atoms in total. The van der Waals surface area contributed by atoms with E-state index in [0.717, 1.165) is 31.5 Å². The smallest absolute Gasteiger partial charge is 0.237 e. The summed E-state index contributed by atoms with van der Waals surface area (Å²) in [5.41, 5.74) is 1.02. The van der Waals surface area contributed by atoms with E-state index in [4.69, 9.17) is 0 Å². The average Bonchev–Trinajstić information content (AvgIpc) is 2.41. The minimum atomic E-state index is 0. The van der Waals surface area contributed by atoms with Crippen LogP contribution in [0.5, 0.6) is 0 Å². The highest BCUT2D eigenvalue weighted by Gasteiger charge is 2.19. The Morgan fingerprint density at radius 1 is 1.37 bits per heavy atom. The van der Waals surface area contributed by atoms with Crippen molar-refractivity contribution in [2.75, 3.05) is 13.1 Å². The molecule has 2 heterocycles. The van der Waals surface area contributed by atoms with Gasteiger partial charge in [0.2, 0.25) is 5.91 Å². The lowest BCUT2D eigenvalue weighted by atomic mass is 10.0. The normalized spacial score (nSPS) is 17.8. The van der Waals surface area contributed by atoms with E-state index in [1.54, 1.807) is 6.20 Å². The molecule has 0 unspecified atom stereocenters. The van der Waals surface area contributed by atoms with Gasteiger partial charge in [-0.25, -0.2) is 0 Å². The number of nitrogens with one attached hydrogen (secondary N) is 2. The van der Waals surface area contributed by atoms with Crippen molar-refractivity contribution in [3.63, 3.8) is 0 Å². The average molecular weight is 306 g/mol. The van der Waals surface area contributed by atoms with E-state index in [1.165, 1.54) is 6.42 Å². The van der Waals surface area contributed by atoms with Crippen molar-refractivity contribution < 1.29 is 4.79 Å². The number of carbonyl (C=O) groups excluding carboxylic acids is 1. The maximum Gasteiger partial charge on any atom is 0.237 e. The molecule has 1 aliphatic rings. The maximum absolute atomic E-state index is 11.8. The molecule has 6 heteroatoms. The van der Waals surface area contributed by atoms with E-state index in [2.05, 4.69) is 15.6 Å². The van der Waals surface area contributed by atoms with Gasteiger partial charge in [0.15, 0.2) is 0 Å². The zero-order valence-corrected chi connectivity index (χ0v) is 12.4. The van der Waals surface area contributed by atoms with Gasteiger partial charge in [0.05, 0.1) is 6.04 Å². The minimum absolute atomic E-state index is 0. The number of pyridine rings is 1. The summed E-state index contributed by atoms with van der Waals surface area (Å²) in [5.74, 6) is 0.126. The standard InChI is InChI=1S/C13H19N3O.2ClH/c17-13(12-6-2-4-9-15-12)16-10-7-11-5-1-3-8-14-11;;/h1,3,5,8,12,15H,2,4,6-7,9-10H2,(H,16,17);2*1H/t12-;;/m1../s1. The van der Waals surface area contributed by atoms with E-state index < -0.39 is 0 Å². The fourth-order valence-electron chi connectivity index (χ4n) is 2.06. The Bertz CT molecular complexity index is 356. The molecule has 1 aromatic heterocycles. The molecule has 1 aliphatic heterocycles. The summed E-state index contributed by atoms with van der Waals surface area (Å²) >= 11 is 0. The number of aromatic nitrogens is 1. The molecule has 1 amide bonds. The van der Waals surface area contributed by atoms with Crippen LogP contribution in [-0.2, 0) is 11.2 Å². The SMILES string of the molecule is Cl.Cl.O=C(NCCc1ccccn1)[C@H]1CCCCN1. The fourth-order valence-corrected chi connectivity index (χ4v) is 2.06. The Morgan fingerprint density at radius 3 is 2.84 bits per heavy atom. The highest BCUT2D eigenvalue weighted by molar-refractivity contribution is 5.85. The van der Waals surface area contributed by atoms with E-state index in [1.807, 2.05) is 18.2 Å². The number of amides is 1. The molecule has 0 radical (unpaired) electrons. The van der Waals surface area contributed by atoms with Gasteiger partial charge in [-0.15, -0.1) is 24.8 Å². The zero-order valence-electron chi connectivity index (χ0n) is 10.8. The monoisotopic (exact) mass is 305 g/mol. The van der Waals surface area contributed by atoms with Gasteiger partial charge >= 0.3 is 0 Å². The summed E-state index contributed by atoms with van der Waals surface area (Å²) in [5, 5.41) is 6.20. The molecule has 1 aromatic rings. The number of piperidine rings is 1. The van der Waals surface area contributed by atoms with Crippen molar-refractivity contribution in [3.05, 3.63) is 30.1 Å². The molecule has 0 spiro atoms. The van der Waals surface area contributed by atoms with Crippen LogP contribution in [0.2, 0.25) is 0 Å². The number of rotatable bonds is 4. The van der Waals surface area contributed by atoms with E-state index in [-0.39, 0.29) is 36.8 Å². The number of halogens is 2. The second-order valence-electron chi connectivity index (χ2n) is 4.36. The van der Waals surface area contributed by atoms with Crippen LogP contribution >= 0.6 is 24.8 Å². The van der Waals surface area contributed by atoms with E-state index in [0.29, 0.717) is 6.54 Å². The van der Waals surface area contributed by atoms with Gasteiger partial charge in [-0.2, -0.15) is 0 Å². The van der Waals surface area contributed by atoms with Crippen molar-refractivity contribution in [1.29, 1.82) is 0 Å². The topological polar surface area (TPSA) is 54.0 Å². The van der Waals surface area contributed by atoms with Crippen molar-refractivity contribution >= 4 is 30.7 Å². The quantitative estimate of drug-likeness (QED) is 0.891. The first kappa shape index (κ1) is 18.2.